The van der Waals surface area contributed by atoms with Gasteiger partial charge in [0.25, 0.3) is 0 Å². The number of piperazine rings is 1. The Morgan fingerprint density at radius 3 is 2.56 bits per heavy atom. The molecule has 0 saturated carbocycles. The van der Waals surface area contributed by atoms with Gasteiger partial charge in [-0.2, -0.15) is 0 Å². The number of benzene rings is 1. The first-order chi connectivity index (χ1) is 7.68. The van der Waals surface area contributed by atoms with E-state index >= 15 is 0 Å². The van der Waals surface area contributed by atoms with Crippen molar-refractivity contribution >= 4 is 17.4 Å². The molecule has 1 aliphatic rings. The number of anilines is 1. The summed E-state index contributed by atoms with van der Waals surface area (Å²) in [5.74, 6) is 0.111. The van der Waals surface area contributed by atoms with E-state index in [1.807, 2.05) is 12.1 Å². The Hall–Kier alpha value is -1.68. The fourth-order valence-electron chi connectivity index (χ4n) is 1.76. The second-order valence-electron chi connectivity index (χ2n) is 3.83. The fraction of sp³-hybridized carbons (Fsp3) is 0.333. The highest BCUT2D eigenvalue weighted by Crippen LogP contribution is 2.16. The lowest BCUT2D eigenvalue weighted by Crippen LogP contribution is -2.48. The first-order valence-electron chi connectivity index (χ1n) is 5.30. The van der Waals surface area contributed by atoms with Crippen molar-refractivity contribution in [3.8, 4) is 0 Å². The quantitative estimate of drug-likeness (QED) is 0.748. The molecule has 0 radical (unpaired) electrons. The molecule has 0 atom stereocenters. The van der Waals surface area contributed by atoms with Crippen molar-refractivity contribution in [1.82, 2.24) is 5.32 Å². The minimum Gasteiger partial charge on any atom is -0.310 e. The summed E-state index contributed by atoms with van der Waals surface area (Å²) in [6.45, 7) is 3.40. The monoisotopic (exact) mass is 218 g/mol. The number of hydrogen-bond acceptors (Lipinski definition) is 3. The van der Waals surface area contributed by atoms with Crippen LogP contribution >= 0.6 is 0 Å². The molecule has 0 spiro atoms. The molecule has 1 N–H and O–H groups in total. The number of nitrogens with zero attached hydrogens (tertiary/aromatic N) is 1. The van der Waals surface area contributed by atoms with Crippen molar-refractivity contribution in [3.05, 3.63) is 29.8 Å². The van der Waals surface area contributed by atoms with Crippen LogP contribution in [0.4, 0.5) is 5.69 Å². The molecule has 0 bridgehead atoms. The average Bonchev–Trinajstić information content (AvgIpc) is 2.30. The largest absolute Gasteiger partial charge is 0.310 e. The predicted molar refractivity (Wildman–Crippen MR) is 61.7 cm³/mol. The van der Waals surface area contributed by atoms with Gasteiger partial charge < -0.3 is 10.2 Å². The molecule has 1 heterocycles. The summed E-state index contributed by atoms with van der Waals surface area (Å²) in [5.41, 5.74) is 1.53. The van der Waals surface area contributed by atoms with E-state index in [0.29, 0.717) is 18.7 Å². The maximum Gasteiger partial charge on any atom is 0.240 e. The zero-order valence-corrected chi connectivity index (χ0v) is 9.19. The predicted octanol–water partition coefficient (Wildman–Crippen LogP) is 0.825. The van der Waals surface area contributed by atoms with Crippen LogP contribution in [-0.2, 0) is 4.79 Å². The van der Waals surface area contributed by atoms with Gasteiger partial charge in [-0.25, -0.2) is 0 Å². The Balaban J connectivity index is 2.20. The lowest BCUT2D eigenvalue weighted by atomic mass is 10.1. The minimum absolute atomic E-state index is 0.0400. The topological polar surface area (TPSA) is 49.4 Å². The molecular weight excluding hydrogens is 204 g/mol. The van der Waals surface area contributed by atoms with Crippen LogP contribution in [0.1, 0.15) is 17.3 Å². The zero-order valence-electron chi connectivity index (χ0n) is 9.19. The van der Waals surface area contributed by atoms with E-state index in [2.05, 4.69) is 5.32 Å². The molecule has 1 aromatic rings. The highest BCUT2D eigenvalue weighted by Gasteiger charge is 2.18. The lowest BCUT2D eigenvalue weighted by molar-refractivity contribution is -0.118. The maximum atomic E-state index is 11.6. The van der Waals surface area contributed by atoms with Crippen LogP contribution in [0.5, 0.6) is 0 Å². The van der Waals surface area contributed by atoms with E-state index in [-0.39, 0.29) is 11.7 Å². The molecule has 0 unspecified atom stereocenters. The maximum absolute atomic E-state index is 11.6. The molecule has 1 aromatic carbocycles. The van der Waals surface area contributed by atoms with Crippen molar-refractivity contribution in [2.75, 3.05) is 24.5 Å². The van der Waals surface area contributed by atoms with Gasteiger partial charge in [-0.15, -0.1) is 0 Å². The van der Waals surface area contributed by atoms with E-state index in [4.69, 9.17) is 0 Å². The highest BCUT2D eigenvalue weighted by molar-refractivity contribution is 5.97. The smallest absolute Gasteiger partial charge is 0.240 e. The second kappa shape index (κ2) is 4.45. The Labute approximate surface area is 94.2 Å². The number of rotatable bonds is 2. The standard InChI is InChI=1S/C12H14N2O2/c1-9(15)10-2-4-11(5-3-10)14-7-6-13-8-12(14)16/h2-5,13H,6-8H2,1H3. The van der Waals surface area contributed by atoms with E-state index < -0.39 is 0 Å². The van der Waals surface area contributed by atoms with Crippen LogP contribution in [0.2, 0.25) is 0 Å². The first kappa shape index (κ1) is 10.8. The molecule has 1 fully saturated rings. The van der Waals surface area contributed by atoms with Crippen LogP contribution in [0.15, 0.2) is 24.3 Å². The summed E-state index contributed by atoms with van der Waals surface area (Å²) in [4.78, 5) is 24.5. The minimum atomic E-state index is 0.0400. The molecule has 1 saturated heterocycles. The summed E-state index contributed by atoms with van der Waals surface area (Å²) in [5, 5.41) is 3.02. The van der Waals surface area contributed by atoms with Crippen LogP contribution in [0.25, 0.3) is 0 Å². The highest BCUT2D eigenvalue weighted by atomic mass is 16.2. The Kier molecular flexibility index (Phi) is 3.01. The van der Waals surface area contributed by atoms with Gasteiger partial charge in [0.1, 0.15) is 0 Å². The summed E-state index contributed by atoms with van der Waals surface area (Å²) in [6.07, 6.45) is 0. The third-order valence-corrected chi connectivity index (χ3v) is 2.67. The molecule has 4 heteroatoms. The Morgan fingerprint density at radius 1 is 1.31 bits per heavy atom. The number of ketones is 1. The van der Waals surface area contributed by atoms with E-state index in [1.165, 1.54) is 6.92 Å². The van der Waals surface area contributed by atoms with Gasteiger partial charge in [0, 0.05) is 24.3 Å². The molecule has 84 valence electrons. The first-order valence-corrected chi connectivity index (χ1v) is 5.30. The van der Waals surface area contributed by atoms with Crippen LogP contribution in [-0.4, -0.2) is 31.3 Å². The molecule has 16 heavy (non-hydrogen) atoms. The summed E-state index contributed by atoms with van der Waals surface area (Å²) < 4.78 is 0. The second-order valence-corrected chi connectivity index (χ2v) is 3.83. The molecule has 0 aliphatic carbocycles. The van der Waals surface area contributed by atoms with Crippen LogP contribution < -0.4 is 10.2 Å². The number of Topliss-reactive ketones (excluding diaryl/α,β-unsaturated/α-hetero) is 1. The van der Waals surface area contributed by atoms with Crippen LogP contribution in [0, 0.1) is 0 Å². The van der Waals surface area contributed by atoms with Gasteiger partial charge in [-0.1, -0.05) is 0 Å². The normalized spacial score (nSPS) is 16.3. The number of carbonyl (C=O) groups is 2. The third kappa shape index (κ3) is 2.12. The van der Waals surface area contributed by atoms with Crippen molar-refractivity contribution in [3.63, 3.8) is 0 Å². The number of nitrogens with one attached hydrogen (secondary N) is 1. The lowest BCUT2D eigenvalue weighted by Gasteiger charge is -2.27. The summed E-state index contributed by atoms with van der Waals surface area (Å²) in [6, 6.07) is 7.15. The van der Waals surface area contributed by atoms with Gasteiger partial charge in [-0.05, 0) is 31.2 Å². The van der Waals surface area contributed by atoms with Gasteiger partial charge in [-0.3, -0.25) is 9.59 Å². The van der Waals surface area contributed by atoms with Gasteiger partial charge >= 0.3 is 0 Å². The average molecular weight is 218 g/mol. The fourth-order valence-corrected chi connectivity index (χ4v) is 1.76. The van der Waals surface area contributed by atoms with Crippen LogP contribution in [0.3, 0.4) is 0 Å². The molecule has 2 rings (SSSR count). The Morgan fingerprint density at radius 2 is 2.00 bits per heavy atom. The molecular formula is C12H14N2O2. The van der Waals surface area contributed by atoms with Crippen molar-refractivity contribution in [2.45, 2.75) is 6.92 Å². The molecule has 4 nitrogen and oxygen atoms in total. The van der Waals surface area contributed by atoms with Crippen molar-refractivity contribution in [2.24, 2.45) is 0 Å². The number of carbonyl (C=O) groups excluding carboxylic acids is 2. The van der Waals surface area contributed by atoms with Gasteiger partial charge in [0.15, 0.2) is 5.78 Å². The number of hydrogen-bond donors (Lipinski definition) is 1. The van der Waals surface area contributed by atoms with E-state index in [9.17, 15) is 9.59 Å². The van der Waals surface area contributed by atoms with E-state index in [1.54, 1.807) is 17.0 Å². The third-order valence-electron chi connectivity index (χ3n) is 2.67. The van der Waals surface area contributed by atoms with Gasteiger partial charge in [0.05, 0.1) is 6.54 Å². The zero-order chi connectivity index (χ0) is 11.5. The van der Waals surface area contributed by atoms with E-state index in [0.717, 1.165) is 12.2 Å². The SMILES string of the molecule is CC(=O)c1ccc(N2CCNCC2=O)cc1. The Bertz CT molecular complexity index is 412. The molecule has 1 aliphatic heterocycles. The molecule has 1 amide bonds. The van der Waals surface area contributed by atoms with Crippen molar-refractivity contribution < 1.29 is 9.59 Å². The number of amides is 1. The van der Waals surface area contributed by atoms with Crippen molar-refractivity contribution in [1.29, 1.82) is 0 Å². The molecule has 0 aromatic heterocycles. The summed E-state index contributed by atoms with van der Waals surface area (Å²) in [7, 11) is 0. The van der Waals surface area contributed by atoms with Gasteiger partial charge in [0.2, 0.25) is 5.91 Å². The summed E-state index contributed by atoms with van der Waals surface area (Å²) >= 11 is 0.